The number of aryl methyl sites for hydroxylation is 1. The van der Waals surface area contributed by atoms with E-state index in [9.17, 15) is 19.7 Å². The van der Waals surface area contributed by atoms with E-state index in [2.05, 4.69) is 5.10 Å². The predicted molar refractivity (Wildman–Crippen MR) is 159 cm³/mol. The van der Waals surface area contributed by atoms with Crippen LogP contribution in [0.2, 0.25) is 0 Å². The van der Waals surface area contributed by atoms with Gasteiger partial charge in [-0.1, -0.05) is 26.0 Å². The number of nitro benzene ring substituents is 1. The monoisotopic (exact) mass is 573 g/mol. The van der Waals surface area contributed by atoms with Gasteiger partial charge >= 0.3 is 5.69 Å². The Labute approximate surface area is 241 Å². The summed E-state index contributed by atoms with van der Waals surface area (Å²) in [7, 11) is 1.30. The number of nitrogens with two attached hydrogens (primary N) is 1. The molecule has 4 rings (SSSR count). The van der Waals surface area contributed by atoms with Crippen molar-refractivity contribution in [2.45, 2.75) is 33.6 Å². The number of methoxy groups -OCH3 is 1. The second-order valence-corrected chi connectivity index (χ2v) is 9.69. The van der Waals surface area contributed by atoms with E-state index >= 15 is 0 Å². The smallest absolute Gasteiger partial charge is 0.315 e. The van der Waals surface area contributed by atoms with Crippen LogP contribution in [0.3, 0.4) is 0 Å². The minimum absolute atomic E-state index is 0.0139. The largest absolute Gasteiger partial charge is 0.494 e. The van der Waals surface area contributed by atoms with Crippen molar-refractivity contribution in [2.24, 2.45) is 10.8 Å². The van der Waals surface area contributed by atoms with Crippen molar-refractivity contribution in [2.75, 3.05) is 20.3 Å². The normalized spacial score (nSPS) is 11.3. The Morgan fingerprint density at radius 2 is 1.90 bits per heavy atom. The van der Waals surface area contributed by atoms with Gasteiger partial charge < -0.3 is 19.9 Å². The second kappa shape index (κ2) is 12.5. The highest BCUT2D eigenvalue weighted by atomic mass is 16.6. The zero-order chi connectivity index (χ0) is 30.6. The van der Waals surface area contributed by atoms with Crippen molar-refractivity contribution in [3.05, 3.63) is 85.7 Å². The predicted octanol–water partition coefficient (Wildman–Crippen LogP) is 4.56. The topological polar surface area (TPSA) is 161 Å². The van der Waals surface area contributed by atoms with E-state index in [0.717, 1.165) is 16.9 Å². The quantitative estimate of drug-likeness (QED) is 0.155. The van der Waals surface area contributed by atoms with Gasteiger partial charge in [-0.3, -0.25) is 19.7 Å². The lowest BCUT2D eigenvalue weighted by molar-refractivity contribution is -0.385. The molecule has 4 aromatic rings. The summed E-state index contributed by atoms with van der Waals surface area (Å²) in [6.07, 6.45) is 1.29. The van der Waals surface area contributed by atoms with Crippen molar-refractivity contribution < 1.29 is 23.9 Å². The fourth-order valence-electron chi connectivity index (χ4n) is 4.46. The van der Waals surface area contributed by atoms with Gasteiger partial charge in [-0.2, -0.15) is 9.78 Å². The number of nitro groups is 1. The van der Waals surface area contributed by atoms with Gasteiger partial charge in [0.05, 0.1) is 35.8 Å². The van der Waals surface area contributed by atoms with Crippen molar-refractivity contribution in [3.63, 3.8) is 0 Å². The number of hydrogen-bond donors (Lipinski definition) is 1. The van der Waals surface area contributed by atoms with Gasteiger partial charge in [-0.25, -0.2) is 4.98 Å². The Balaban J connectivity index is 1.94. The molecule has 1 amide bonds. The number of primary amides is 1. The maximum absolute atomic E-state index is 13.7. The number of aromatic nitrogens is 2. The van der Waals surface area contributed by atoms with Gasteiger partial charge in [-0.15, -0.1) is 0 Å². The molecule has 0 fully saturated rings. The number of fused-ring (bicyclic) bond motifs is 1. The minimum atomic E-state index is -0.807. The first-order valence-electron chi connectivity index (χ1n) is 13.2. The van der Waals surface area contributed by atoms with E-state index in [1.54, 1.807) is 24.3 Å². The molecule has 3 aromatic carbocycles. The number of hydrogen-bond acceptors (Lipinski definition) is 9. The second-order valence-electron chi connectivity index (χ2n) is 9.69. The highest BCUT2D eigenvalue weighted by Crippen LogP contribution is 2.38. The molecule has 2 N–H and O–H groups in total. The number of carbonyl (C=O) groups is 1. The van der Waals surface area contributed by atoms with Crippen molar-refractivity contribution in [1.29, 1.82) is 0 Å². The third-order valence-corrected chi connectivity index (χ3v) is 6.43. The van der Waals surface area contributed by atoms with Crippen LogP contribution in [-0.2, 0) is 4.79 Å². The molecule has 0 aliphatic heterocycles. The van der Waals surface area contributed by atoms with E-state index in [0.29, 0.717) is 28.9 Å². The molecule has 0 saturated heterocycles. The standard InChI is InChI=1S/C30H31N5O7/c1-6-41-25-11-18(4)22(14-21(25)17(2)3)29-33-23-10-8-7-9-20(23)30(37)34(29)32-15-19-12-24(35(38)39)28(26(13-19)40-5)42-16-27(31)36/h7-15,17H,6,16H2,1-5H3,(H2,31,36). The summed E-state index contributed by atoms with van der Waals surface area (Å²) < 4.78 is 17.6. The molecule has 0 bridgehead atoms. The van der Waals surface area contributed by atoms with Crippen LogP contribution in [0.5, 0.6) is 17.2 Å². The number of benzene rings is 3. The molecule has 0 radical (unpaired) electrons. The summed E-state index contributed by atoms with van der Waals surface area (Å²) in [5.74, 6) is 0.0939. The zero-order valence-electron chi connectivity index (χ0n) is 23.9. The molecule has 0 atom stereocenters. The number of ether oxygens (including phenoxy) is 3. The van der Waals surface area contributed by atoms with Crippen LogP contribution in [0.4, 0.5) is 5.69 Å². The highest BCUT2D eigenvalue weighted by Gasteiger charge is 2.23. The SMILES string of the molecule is CCOc1cc(C)c(-c2nc3ccccc3c(=O)n2N=Cc2cc(OC)c(OCC(N)=O)c([N+](=O)[O-])c2)cc1C(C)C. The minimum Gasteiger partial charge on any atom is -0.494 e. The summed E-state index contributed by atoms with van der Waals surface area (Å²) in [6.45, 7) is 7.84. The van der Waals surface area contributed by atoms with Crippen LogP contribution < -0.4 is 25.5 Å². The van der Waals surface area contributed by atoms with Gasteiger partial charge in [0.25, 0.3) is 11.5 Å². The van der Waals surface area contributed by atoms with Crippen LogP contribution in [0.1, 0.15) is 43.4 Å². The Bertz CT molecular complexity index is 1760. The zero-order valence-corrected chi connectivity index (χ0v) is 23.9. The molecule has 1 aromatic heterocycles. The van der Waals surface area contributed by atoms with Crippen molar-refractivity contribution in [3.8, 4) is 28.6 Å². The van der Waals surface area contributed by atoms with Crippen LogP contribution in [-0.4, -0.2) is 47.0 Å². The average Bonchev–Trinajstić information content (AvgIpc) is 2.95. The van der Waals surface area contributed by atoms with Crippen LogP contribution >= 0.6 is 0 Å². The Morgan fingerprint density at radius 1 is 1.17 bits per heavy atom. The van der Waals surface area contributed by atoms with Gasteiger partial charge in [0.2, 0.25) is 5.75 Å². The maximum atomic E-state index is 13.7. The average molecular weight is 574 g/mol. The molecule has 0 spiro atoms. The number of rotatable bonds is 11. The lowest BCUT2D eigenvalue weighted by atomic mass is 9.96. The van der Waals surface area contributed by atoms with Gasteiger partial charge in [0.15, 0.2) is 18.2 Å². The molecule has 0 aliphatic carbocycles. The molecule has 0 aliphatic rings. The van der Waals surface area contributed by atoms with Crippen LogP contribution in [0.25, 0.3) is 22.3 Å². The summed E-state index contributed by atoms with van der Waals surface area (Å²) in [5.41, 5.74) is 7.43. The molecular weight excluding hydrogens is 542 g/mol. The fourth-order valence-corrected chi connectivity index (χ4v) is 4.46. The van der Waals surface area contributed by atoms with E-state index in [1.165, 1.54) is 30.1 Å². The van der Waals surface area contributed by atoms with Crippen LogP contribution in [0.15, 0.2) is 58.4 Å². The summed E-state index contributed by atoms with van der Waals surface area (Å²) in [4.78, 5) is 40.9. The van der Waals surface area contributed by atoms with E-state index in [-0.39, 0.29) is 23.0 Å². The first kappa shape index (κ1) is 29.7. The molecule has 42 heavy (non-hydrogen) atoms. The number of nitrogens with zero attached hydrogens (tertiary/aromatic N) is 4. The van der Waals surface area contributed by atoms with Gasteiger partial charge in [-0.05, 0) is 61.2 Å². The number of carbonyl (C=O) groups excluding carboxylic acids is 1. The molecule has 12 nitrogen and oxygen atoms in total. The first-order chi connectivity index (χ1) is 20.0. The number of para-hydroxylation sites is 1. The molecule has 0 saturated carbocycles. The molecule has 12 heteroatoms. The lowest BCUT2D eigenvalue weighted by Crippen LogP contribution is -2.21. The van der Waals surface area contributed by atoms with Gasteiger partial charge in [0.1, 0.15) is 5.75 Å². The lowest BCUT2D eigenvalue weighted by Gasteiger charge is -2.18. The highest BCUT2D eigenvalue weighted by molar-refractivity contribution is 5.85. The van der Waals surface area contributed by atoms with Gasteiger partial charge in [0, 0.05) is 17.2 Å². The number of amides is 1. The molecular formula is C30H31N5O7. The summed E-state index contributed by atoms with van der Waals surface area (Å²) >= 11 is 0. The maximum Gasteiger partial charge on any atom is 0.315 e. The Hall–Kier alpha value is -5.26. The summed E-state index contributed by atoms with van der Waals surface area (Å²) in [6, 6.07) is 13.4. The Morgan fingerprint density at radius 3 is 2.55 bits per heavy atom. The molecule has 0 unspecified atom stereocenters. The molecule has 218 valence electrons. The first-order valence-corrected chi connectivity index (χ1v) is 13.2. The third-order valence-electron chi connectivity index (χ3n) is 6.43. The third kappa shape index (κ3) is 6.07. The van der Waals surface area contributed by atoms with E-state index in [4.69, 9.17) is 24.9 Å². The summed E-state index contributed by atoms with van der Waals surface area (Å²) in [5, 5.41) is 16.6. The van der Waals surface area contributed by atoms with Crippen molar-refractivity contribution in [1.82, 2.24) is 9.66 Å². The fraction of sp³-hybridized carbons (Fsp3) is 0.267. The van der Waals surface area contributed by atoms with Crippen LogP contribution in [0, 0.1) is 17.0 Å². The van der Waals surface area contributed by atoms with E-state index in [1.807, 2.05) is 39.8 Å². The Kier molecular flexibility index (Phi) is 8.84. The van der Waals surface area contributed by atoms with Crippen molar-refractivity contribution >= 4 is 28.7 Å². The molecule has 1 heterocycles. The van der Waals surface area contributed by atoms with E-state index < -0.39 is 28.7 Å².